The molecule has 0 spiro atoms. The van der Waals surface area contributed by atoms with E-state index in [1.807, 2.05) is 0 Å². The summed E-state index contributed by atoms with van der Waals surface area (Å²) in [4.78, 5) is 0. The van der Waals surface area contributed by atoms with Crippen molar-refractivity contribution in [2.75, 3.05) is 6.61 Å². The van der Waals surface area contributed by atoms with E-state index in [9.17, 15) is 0 Å². The van der Waals surface area contributed by atoms with Crippen molar-refractivity contribution in [2.45, 2.75) is 18.3 Å². The maximum atomic E-state index is 9.15. The summed E-state index contributed by atoms with van der Waals surface area (Å²) in [5, 5.41) is 26.9. The molecular formula is C6H11NO4. The van der Waals surface area contributed by atoms with Crippen molar-refractivity contribution < 1.29 is 20.1 Å². The lowest BCUT2D eigenvalue weighted by molar-refractivity contribution is -0.0868. The molecule has 1 rings (SSSR count). The Bertz CT molecular complexity index is 170. The van der Waals surface area contributed by atoms with Gasteiger partial charge in [-0.15, -0.1) is 0 Å². The molecule has 1 heterocycles. The topological polar surface area (TPSA) is 95.9 Å². The summed E-state index contributed by atoms with van der Waals surface area (Å²) in [7, 11) is 0. The summed E-state index contributed by atoms with van der Waals surface area (Å²) in [6.07, 6.45) is -1.93. The normalized spacial score (nSPS) is 37.7. The Morgan fingerprint density at radius 2 is 2.18 bits per heavy atom. The molecule has 1 aliphatic heterocycles. The van der Waals surface area contributed by atoms with Crippen LogP contribution in [0.15, 0.2) is 12.0 Å². The van der Waals surface area contributed by atoms with Gasteiger partial charge in [-0.05, 0) is 0 Å². The average molecular weight is 161 g/mol. The van der Waals surface area contributed by atoms with E-state index in [0.29, 0.717) is 0 Å². The first kappa shape index (κ1) is 8.32. The molecule has 0 radical (unpaired) electrons. The maximum Gasteiger partial charge on any atom is 0.150 e. The zero-order valence-corrected chi connectivity index (χ0v) is 5.84. The predicted octanol–water partition coefficient (Wildman–Crippen LogP) is -2.10. The van der Waals surface area contributed by atoms with Crippen LogP contribution in [-0.4, -0.2) is 40.2 Å². The molecule has 0 unspecified atom stereocenters. The summed E-state index contributed by atoms with van der Waals surface area (Å²) in [6, 6.07) is 0. The maximum absolute atomic E-state index is 9.15. The van der Waals surface area contributed by atoms with Crippen LogP contribution in [0, 0.1) is 0 Å². The molecule has 0 aromatic heterocycles. The molecule has 0 saturated heterocycles. The Labute approximate surface area is 63.7 Å². The lowest BCUT2D eigenvalue weighted by atomic mass is 10.0. The highest BCUT2D eigenvalue weighted by molar-refractivity contribution is 5.07. The van der Waals surface area contributed by atoms with Gasteiger partial charge in [0.1, 0.15) is 24.6 Å². The van der Waals surface area contributed by atoms with Crippen LogP contribution in [0.3, 0.4) is 0 Å². The molecule has 5 nitrogen and oxygen atoms in total. The molecule has 1 aliphatic rings. The van der Waals surface area contributed by atoms with Gasteiger partial charge < -0.3 is 25.8 Å². The highest BCUT2D eigenvalue weighted by Crippen LogP contribution is 2.14. The van der Waals surface area contributed by atoms with Crippen molar-refractivity contribution in [1.82, 2.24) is 0 Å². The predicted molar refractivity (Wildman–Crippen MR) is 36.2 cm³/mol. The fourth-order valence-corrected chi connectivity index (χ4v) is 0.868. The van der Waals surface area contributed by atoms with Crippen molar-refractivity contribution in [3.63, 3.8) is 0 Å². The Balaban J connectivity index is 2.68. The number of ether oxygens (including phenoxy) is 1. The van der Waals surface area contributed by atoms with Gasteiger partial charge in [0.2, 0.25) is 0 Å². The Morgan fingerprint density at radius 1 is 1.55 bits per heavy atom. The lowest BCUT2D eigenvalue weighted by Gasteiger charge is -2.29. The standard InChI is InChI=1S/C6H11NO4/c7-3-2-11-4(1-8)6(10)5(3)9/h2,4-6,8-10H,1,7H2/t4-,5-,6-/m1/s1. The van der Waals surface area contributed by atoms with Crippen LogP contribution < -0.4 is 5.73 Å². The van der Waals surface area contributed by atoms with E-state index >= 15 is 0 Å². The van der Waals surface area contributed by atoms with Crippen LogP contribution in [0.1, 0.15) is 0 Å². The summed E-state index contributed by atoms with van der Waals surface area (Å²) in [5.41, 5.74) is 5.30. The fraction of sp³-hybridized carbons (Fsp3) is 0.667. The van der Waals surface area contributed by atoms with Gasteiger partial charge in [-0.3, -0.25) is 0 Å². The quantitative estimate of drug-likeness (QED) is 0.353. The van der Waals surface area contributed by atoms with Gasteiger partial charge in [-0.1, -0.05) is 0 Å². The van der Waals surface area contributed by atoms with Crippen LogP contribution in [0.2, 0.25) is 0 Å². The van der Waals surface area contributed by atoms with E-state index < -0.39 is 18.3 Å². The minimum atomic E-state index is -1.15. The molecule has 11 heavy (non-hydrogen) atoms. The highest BCUT2D eigenvalue weighted by atomic mass is 16.5. The summed E-state index contributed by atoms with van der Waals surface area (Å²) >= 11 is 0. The number of rotatable bonds is 1. The van der Waals surface area contributed by atoms with Crippen LogP contribution in [0.5, 0.6) is 0 Å². The Morgan fingerprint density at radius 3 is 2.73 bits per heavy atom. The molecule has 64 valence electrons. The first-order chi connectivity index (χ1) is 5.16. The minimum absolute atomic E-state index is 0.0715. The van der Waals surface area contributed by atoms with Gasteiger partial charge in [0.05, 0.1) is 12.3 Å². The molecule has 3 atom stereocenters. The van der Waals surface area contributed by atoms with Gasteiger partial charge in [-0.2, -0.15) is 0 Å². The van der Waals surface area contributed by atoms with E-state index in [2.05, 4.69) is 0 Å². The summed E-state index contributed by atoms with van der Waals surface area (Å²) in [5.74, 6) is 0. The van der Waals surface area contributed by atoms with Crippen LogP contribution >= 0.6 is 0 Å². The highest BCUT2D eigenvalue weighted by Gasteiger charge is 2.32. The zero-order chi connectivity index (χ0) is 8.43. The van der Waals surface area contributed by atoms with Gasteiger partial charge in [0, 0.05) is 0 Å². The lowest BCUT2D eigenvalue weighted by Crippen LogP contribution is -2.46. The van der Waals surface area contributed by atoms with Gasteiger partial charge in [0.25, 0.3) is 0 Å². The first-order valence-electron chi connectivity index (χ1n) is 3.24. The molecule has 0 aliphatic carbocycles. The van der Waals surface area contributed by atoms with E-state index in [1.54, 1.807) is 0 Å². The third-order valence-corrected chi connectivity index (χ3v) is 1.60. The van der Waals surface area contributed by atoms with Crippen molar-refractivity contribution in [2.24, 2.45) is 5.73 Å². The van der Waals surface area contributed by atoms with Crippen molar-refractivity contribution in [1.29, 1.82) is 0 Å². The SMILES string of the molecule is NC1=CO[C@H](CO)[C@@H](O)[C@@H]1O. The van der Waals surface area contributed by atoms with Crippen molar-refractivity contribution in [3.8, 4) is 0 Å². The molecular weight excluding hydrogens is 150 g/mol. The third kappa shape index (κ3) is 1.45. The van der Waals surface area contributed by atoms with Crippen molar-refractivity contribution >= 4 is 0 Å². The monoisotopic (exact) mass is 161 g/mol. The smallest absolute Gasteiger partial charge is 0.150 e. The number of aliphatic hydroxyl groups is 3. The second-order valence-corrected chi connectivity index (χ2v) is 2.41. The van der Waals surface area contributed by atoms with E-state index in [0.717, 1.165) is 6.26 Å². The molecule has 0 aromatic rings. The summed E-state index contributed by atoms with van der Waals surface area (Å²) in [6.45, 7) is -0.345. The zero-order valence-electron chi connectivity index (χ0n) is 5.84. The van der Waals surface area contributed by atoms with Gasteiger partial charge >= 0.3 is 0 Å². The first-order valence-corrected chi connectivity index (χ1v) is 3.24. The van der Waals surface area contributed by atoms with E-state index in [-0.39, 0.29) is 12.3 Å². The number of hydrogen-bond donors (Lipinski definition) is 4. The molecule has 0 amide bonds. The Kier molecular flexibility index (Phi) is 2.33. The molecule has 5 N–H and O–H groups in total. The Hall–Kier alpha value is -0.780. The third-order valence-electron chi connectivity index (χ3n) is 1.60. The number of aliphatic hydroxyl groups excluding tert-OH is 3. The molecule has 0 bridgehead atoms. The molecule has 0 aromatic carbocycles. The van der Waals surface area contributed by atoms with Crippen LogP contribution in [-0.2, 0) is 4.74 Å². The summed E-state index contributed by atoms with van der Waals surface area (Å²) < 4.78 is 4.78. The molecule has 5 heteroatoms. The minimum Gasteiger partial charge on any atom is -0.491 e. The fourth-order valence-electron chi connectivity index (χ4n) is 0.868. The van der Waals surface area contributed by atoms with Gasteiger partial charge in [-0.25, -0.2) is 0 Å². The second-order valence-electron chi connectivity index (χ2n) is 2.41. The largest absolute Gasteiger partial charge is 0.491 e. The molecule has 0 saturated carbocycles. The number of nitrogens with two attached hydrogens (primary N) is 1. The average Bonchev–Trinajstić information content (AvgIpc) is 2.01. The number of hydrogen-bond acceptors (Lipinski definition) is 5. The van der Waals surface area contributed by atoms with Crippen LogP contribution in [0.25, 0.3) is 0 Å². The molecule has 0 fully saturated rings. The second kappa shape index (κ2) is 3.08. The van der Waals surface area contributed by atoms with Crippen LogP contribution in [0.4, 0.5) is 0 Å². The van der Waals surface area contributed by atoms with Gasteiger partial charge in [0.15, 0.2) is 0 Å². The van der Waals surface area contributed by atoms with E-state index in [1.165, 1.54) is 0 Å². The van der Waals surface area contributed by atoms with Crippen molar-refractivity contribution in [3.05, 3.63) is 12.0 Å². The van der Waals surface area contributed by atoms with E-state index in [4.69, 9.17) is 25.8 Å².